The van der Waals surface area contributed by atoms with Gasteiger partial charge in [0.05, 0.1) is 16.4 Å². The monoisotopic (exact) mass is 310 g/mol. The first-order chi connectivity index (χ1) is 9.74. The van der Waals surface area contributed by atoms with E-state index in [1.165, 1.54) is 29.9 Å². The molecule has 110 valence electrons. The van der Waals surface area contributed by atoms with E-state index in [4.69, 9.17) is 4.74 Å². The summed E-state index contributed by atoms with van der Waals surface area (Å²) in [5, 5.41) is 0. The molecule has 1 aromatic rings. The van der Waals surface area contributed by atoms with Crippen LogP contribution >= 0.6 is 23.1 Å². The van der Waals surface area contributed by atoms with Gasteiger partial charge >= 0.3 is 5.97 Å². The van der Waals surface area contributed by atoms with Crippen molar-refractivity contribution in [2.45, 2.75) is 43.2 Å². The quantitative estimate of drug-likeness (QED) is 0.420. The second-order valence-electron chi connectivity index (χ2n) is 5.05. The molecular formula is C16H22O2S2. The number of carbonyl (C=O) groups is 1. The van der Waals surface area contributed by atoms with Crippen LogP contribution in [0.1, 0.15) is 43.9 Å². The molecule has 0 N–H and O–H groups in total. The van der Waals surface area contributed by atoms with E-state index in [2.05, 4.69) is 18.4 Å². The van der Waals surface area contributed by atoms with Crippen LogP contribution in [0, 0.1) is 5.92 Å². The molecule has 0 aliphatic heterocycles. The van der Waals surface area contributed by atoms with E-state index in [0.29, 0.717) is 6.61 Å². The molecule has 2 nitrogen and oxygen atoms in total. The van der Waals surface area contributed by atoms with Gasteiger partial charge in [-0.2, -0.15) is 0 Å². The topological polar surface area (TPSA) is 26.3 Å². The molecule has 4 heteroatoms. The van der Waals surface area contributed by atoms with Gasteiger partial charge in [0.1, 0.15) is 0 Å². The second kappa shape index (κ2) is 7.89. The number of thiophene rings is 1. The minimum Gasteiger partial charge on any atom is -0.462 e. The lowest BCUT2D eigenvalue weighted by Crippen LogP contribution is -2.06. The van der Waals surface area contributed by atoms with Crippen molar-refractivity contribution in [2.75, 3.05) is 12.9 Å². The number of esters is 1. The SMILES string of the molecule is CCOC(=O)/C(=C\CC1CCCC1)c1ccc(SC)s1. The number of carbonyl (C=O) groups excluding carboxylic acids is 1. The average Bonchev–Trinajstić information content (AvgIpc) is 3.10. The zero-order valence-electron chi connectivity index (χ0n) is 12.2. The second-order valence-corrected chi connectivity index (χ2v) is 7.24. The van der Waals surface area contributed by atoms with Gasteiger partial charge in [0.2, 0.25) is 0 Å². The van der Waals surface area contributed by atoms with Crippen molar-refractivity contribution >= 4 is 34.6 Å². The summed E-state index contributed by atoms with van der Waals surface area (Å²) in [5.74, 6) is 0.569. The van der Waals surface area contributed by atoms with Gasteiger partial charge in [-0.05, 0) is 37.7 Å². The number of hydrogen-bond acceptors (Lipinski definition) is 4. The summed E-state index contributed by atoms with van der Waals surface area (Å²) in [5.41, 5.74) is 0.754. The Morgan fingerprint density at radius 1 is 1.45 bits per heavy atom. The van der Waals surface area contributed by atoms with Gasteiger partial charge in [0.15, 0.2) is 0 Å². The Balaban J connectivity index is 2.14. The average molecular weight is 310 g/mol. The van der Waals surface area contributed by atoms with Crippen LogP contribution in [0.2, 0.25) is 0 Å². The maximum absolute atomic E-state index is 12.2. The molecule has 0 saturated heterocycles. The molecule has 1 saturated carbocycles. The summed E-state index contributed by atoms with van der Waals surface area (Å²) in [6, 6.07) is 4.11. The molecule has 0 spiro atoms. The first-order valence-corrected chi connectivity index (χ1v) is 9.30. The number of ether oxygens (including phenoxy) is 1. The fourth-order valence-electron chi connectivity index (χ4n) is 2.60. The van der Waals surface area contributed by atoms with Crippen molar-refractivity contribution in [3.05, 3.63) is 23.1 Å². The molecule has 2 rings (SSSR count). The fraction of sp³-hybridized carbons (Fsp3) is 0.562. The minimum atomic E-state index is -0.181. The fourth-order valence-corrected chi connectivity index (χ4v) is 4.17. The summed E-state index contributed by atoms with van der Waals surface area (Å²) in [6.07, 6.45) is 10.4. The van der Waals surface area contributed by atoms with Crippen molar-refractivity contribution < 1.29 is 9.53 Å². The molecule has 0 bridgehead atoms. The Kier molecular flexibility index (Phi) is 6.17. The number of hydrogen-bond donors (Lipinski definition) is 0. The molecule has 0 atom stereocenters. The molecule has 0 aromatic carbocycles. The molecule has 0 radical (unpaired) electrons. The number of rotatable bonds is 6. The Morgan fingerprint density at radius 2 is 2.20 bits per heavy atom. The Bertz CT molecular complexity index is 471. The summed E-state index contributed by atoms with van der Waals surface area (Å²) < 4.78 is 6.44. The highest BCUT2D eigenvalue weighted by Gasteiger charge is 2.18. The van der Waals surface area contributed by atoms with Gasteiger partial charge in [-0.1, -0.05) is 31.8 Å². The van der Waals surface area contributed by atoms with E-state index in [9.17, 15) is 4.79 Å². The van der Waals surface area contributed by atoms with Crippen LogP contribution in [0.25, 0.3) is 5.57 Å². The molecule has 1 aromatic heterocycles. The van der Waals surface area contributed by atoms with Gasteiger partial charge in [-0.3, -0.25) is 0 Å². The smallest absolute Gasteiger partial charge is 0.339 e. The summed E-state index contributed by atoms with van der Waals surface area (Å²) in [7, 11) is 0. The van der Waals surface area contributed by atoms with E-state index in [1.54, 1.807) is 23.1 Å². The molecule has 1 aliphatic rings. The van der Waals surface area contributed by atoms with E-state index >= 15 is 0 Å². The highest BCUT2D eigenvalue weighted by atomic mass is 32.2. The highest BCUT2D eigenvalue weighted by Crippen LogP contribution is 2.33. The highest BCUT2D eigenvalue weighted by molar-refractivity contribution is 8.00. The molecule has 1 heterocycles. The van der Waals surface area contributed by atoms with E-state index < -0.39 is 0 Å². The maximum atomic E-state index is 12.2. The number of allylic oxidation sites excluding steroid dienone is 1. The van der Waals surface area contributed by atoms with Gasteiger partial charge in [-0.15, -0.1) is 23.1 Å². The standard InChI is InChI=1S/C16H22O2S2/c1-3-18-16(17)13(9-8-12-6-4-5-7-12)14-10-11-15(19-2)20-14/h9-12H,3-8H2,1-2H3/b13-9-. The predicted octanol–water partition coefficient (Wildman–Crippen LogP) is 5.00. The van der Waals surface area contributed by atoms with Crippen molar-refractivity contribution in [1.82, 2.24) is 0 Å². The van der Waals surface area contributed by atoms with Crippen molar-refractivity contribution in [3.8, 4) is 0 Å². The van der Waals surface area contributed by atoms with Crippen LogP contribution in [0.3, 0.4) is 0 Å². The first kappa shape index (κ1) is 15.6. The Morgan fingerprint density at radius 3 is 2.80 bits per heavy atom. The van der Waals surface area contributed by atoms with Crippen molar-refractivity contribution in [2.24, 2.45) is 5.92 Å². The zero-order chi connectivity index (χ0) is 14.4. The first-order valence-electron chi connectivity index (χ1n) is 7.26. The van der Waals surface area contributed by atoms with E-state index in [0.717, 1.165) is 22.8 Å². The third-order valence-electron chi connectivity index (χ3n) is 3.67. The van der Waals surface area contributed by atoms with Gasteiger partial charge < -0.3 is 4.74 Å². The van der Waals surface area contributed by atoms with Crippen molar-refractivity contribution in [1.29, 1.82) is 0 Å². The Labute approximate surface area is 129 Å². The van der Waals surface area contributed by atoms with E-state index in [-0.39, 0.29) is 5.97 Å². The molecule has 0 unspecified atom stereocenters. The maximum Gasteiger partial charge on any atom is 0.339 e. The number of thioether (sulfide) groups is 1. The van der Waals surface area contributed by atoms with Crippen LogP contribution < -0.4 is 0 Å². The zero-order valence-corrected chi connectivity index (χ0v) is 13.8. The summed E-state index contributed by atoms with van der Waals surface area (Å²) >= 11 is 3.39. The van der Waals surface area contributed by atoms with Crippen LogP contribution in [-0.4, -0.2) is 18.8 Å². The molecule has 0 amide bonds. The summed E-state index contributed by atoms with van der Waals surface area (Å²) in [4.78, 5) is 13.2. The molecular weight excluding hydrogens is 288 g/mol. The van der Waals surface area contributed by atoms with Crippen LogP contribution in [0.5, 0.6) is 0 Å². The van der Waals surface area contributed by atoms with Gasteiger partial charge in [-0.25, -0.2) is 4.79 Å². The lowest BCUT2D eigenvalue weighted by Gasteiger charge is -2.08. The molecule has 1 aliphatic carbocycles. The largest absolute Gasteiger partial charge is 0.462 e. The lowest BCUT2D eigenvalue weighted by atomic mass is 10.0. The van der Waals surface area contributed by atoms with Gasteiger partial charge in [0.25, 0.3) is 0 Å². The van der Waals surface area contributed by atoms with Crippen LogP contribution in [0.4, 0.5) is 0 Å². The Hall–Kier alpha value is -0.740. The summed E-state index contributed by atoms with van der Waals surface area (Å²) in [6.45, 7) is 2.29. The van der Waals surface area contributed by atoms with Crippen LogP contribution in [0.15, 0.2) is 22.4 Å². The third kappa shape index (κ3) is 4.13. The third-order valence-corrected chi connectivity index (χ3v) is 5.88. The van der Waals surface area contributed by atoms with Gasteiger partial charge in [0, 0.05) is 4.88 Å². The lowest BCUT2D eigenvalue weighted by molar-refractivity contribution is -0.136. The molecule has 1 fully saturated rings. The minimum absolute atomic E-state index is 0.181. The van der Waals surface area contributed by atoms with E-state index in [1.807, 2.05) is 13.0 Å². The van der Waals surface area contributed by atoms with Crippen LogP contribution in [-0.2, 0) is 9.53 Å². The van der Waals surface area contributed by atoms with Crippen molar-refractivity contribution in [3.63, 3.8) is 0 Å². The molecule has 20 heavy (non-hydrogen) atoms. The predicted molar refractivity (Wildman–Crippen MR) is 87.3 cm³/mol. The normalized spacial score (nSPS) is 16.6.